The smallest absolute Gasteiger partial charge is 0.00883 e. The van der Waals surface area contributed by atoms with Crippen molar-refractivity contribution in [3.8, 4) is 0 Å². The molecule has 1 aromatic rings. The lowest BCUT2D eigenvalue weighted by molar-refractivity contribution is 0.170. The largest absolute Gasteiger partial charge is 0.100 e. The highest BCUT2D eigenvalue weighted by Gasteiger charge is 2.37. The summed E-state index contributed by atoms with van der Waals surface area (Å²) >= 11 is 0. The number of benzene rings is 1. The van der Waals surface area contributed by atoms with E-state index in [-0.39, 0.29) is 0 Å². The van der Waals surface area contributed by atoms with Crippen molar-refractivity contribution in [2.75, 3.05) is 0 Å². The van der Waals surface area contributed by atoms with E-state index >= 15 is 0 Å². The van der Waals surface area contributed by atoms with E-state index in [4.69, 9.17) is 6.58 Å². The van der Waals surface area contributed by atoms with Crippen LogP contribution in [-0.2, 0) is 6.42 Å². The Bertz CT molecular complexity index is 814. The molecule has 0 amide bonds. The van der Waals surface area contributed by atoms with E-state index in [9.17, 15) is 0 Å². The van der Waals surface area contributed by atoms with Crippen LogP contribution in [0.1, 0.15) is 114 Å². The monoisotopic (exact) mass is 444 g/mol. The van der Waals surface area contributed by atoms with Crippen LogP contribution >= 0.6 is 0 Å². The average molecular weight is 445 g/mol. The SMILES string of the molecule is C=C(C)CCCC(C(=C)[C@H]1CC(=C)Cc2ccccc21)C(CC1CCCCC1)C1CCCC1. The lowest BCUT2D eigenvalue weighted by Gasteiger charge is -2.40. The summed E-state index contributed by atoms with van der Waals surface area (Å²) in [5, 5.41) is 0. The van der Waals surface area contributed by atoms with Gasteiger partial charge in [0.05, 0.1) is 0 Å². The molecule has 0 heteroatoms. The molecule has 0 radical (unpaired) electrons. The van der Waals surface area contributed by atoms with Gasteiger partial charge in [-0.3, -0.25) is 0 Å². The van der Waals surface area contributed by atoms with Crippen LogP contribution in [-0.4, -0.2) is 0 Å². The topological polar surface area (TPSA) is 0 Å². The van der Waals surface area contributed by atoms with Crippen molar-refractivity contribution in [2.45, 2.75) is 109 Å². The van der Waals surface area contributed by atoms with E-state index in [2.05, 4.69) is 44.3 Å². The Hall–Kier alpha value is -1.56. The Morgan fingerprint density at radius 2 is 1.67 bits per heavy atom. The van der Waals surface area contributed by atoms with Gasteiger partial charge in [0.1, 0.15) is 0 Å². The fourth-order valence-corrected chi connectivity index (χ4v) is 7.54. The van der Waals surface area contributed by atoms with Gasteiger partial charge in [0.25, 0.3) is 0 Å². The van der Waals surface area contributed by atoms with E-state index in [1.165, 1.54) is 106 Å². The van der Waals surface area contributed by atoms with Gasteiger partial charge in [-0.15, -0.1) is 6.58 Å². The van der Waals surface area contributed by atoms with Crippen molar-refractivity contribution < 1.29 is 0 Å². The van der Waals surface area contributed by atoms with Crippen LogP contribution < -0.4 is 0 Å². The van der Waals surface area contributed by atoms with Gasteiger partial charge >= 0.3 is 0 Å². The normalized spacial score (nSPS) is 23.8. The summed E-state index contributed by atoms with van der Waals surface area (Å²) in [6.45, 7) is 15.8. The van der Waals surface area contributed by atoms with E-state index in [1.807, 2.05) is 0 Å². The maximum atomic E-state index is 4.93. The second-order valence-corrected chi connectivity index (χ2v) is 11.9. The third-order valence-corrected chi connectivity index (χ3v) is 9.26. The van der Waals surface area contributed by atoms with E-state index in [1.54, 1.807) is 5.56 Å². The molecule has 0 bridgehead atoms. The minimum Gasteiger partial charge on any atom is -0.100 e. The first-order valence-corrected chi connectivity index (χ1v) is 14.1. The molecule has 0 spiro atoms. The first-order valence-electron chi connectivity index (χ1n) is 14.1. The third-order valence-electron chi connectivity index (χ3n) is 9.26. The van der Waals surface area contributed by atoms with Gasteiger partial charge in [0.2, 0.25) is 0 Å². The maximum absolute atomic E-state index is 4.93. The standard InChI is InChI=1S/C33H48/c1-24(2)13-12-20-30(26(4)32-22-25(3)21-29-18-10-11-19-31(29)32)33(28-16-8-9-17-28)23-27-14-6-5-7-15-27/h10-11,18-19,27-28,30,32-33H,1,3-9,12-17,20-23H2,2H3/t30?,32-,33?/m1/s1. The molecule has 2 unspecified atom stereocenters. The van der Waals surface area contributed by atoms with Gasteiger partial charge in [0, 0.05) is 5.92 Å². The average Bonchev–Trinajstić information content (AvgIpc) is 3.35. The molecule has 3 aliphatic carbocycles. The molecule has 0 saturated heterocycles. The maximum Gasteiger partial charge on any atom is 0.00883 e. The fraction of sp³-hybridized carbons (Fsp3) is 0.636. The van der Waals surface area contributed by atoms with Gasteiger partial charge < -0.3 is 0 Å². The lowest BCUT2D eigenvalue weighted by atomic mass is 9.64. The summed E-state index contributed by atoms with van der Waals surface area (Å²) in [5.74, 6) is 3.82. The van der Waals surface area contributed by atoms with E-state index < -0.39 is 0 Å². The molecule has 2 saturated carbocycles. The number of hydrogen-bond acceptors (Lipinski definition) is 0. The third kappa shape index (κ3) is 6.32. The molecule has 0 aliphatic heterocycles. The lowest BCUT2D eigenvalue weighted by Crippen LogP contribution is -2.29. The summed E-state index contributed by atoms with van der Waals surface area (Å²) in [5.41, 5.74) is 7.30. The van der Waals surface area contributed by atoms with Crippen molar-refractivity contribution in [3.05, 3.63) is 71.8 Å². The quantitative estimate of drug-likeness (QED) is 0.315. The van der Waals surface area contributed by atoms with E-state index in [0.717, 1.165) is 30.6 Å². The molecular formula is C33H48. The van der Waals surface area contributed by atoms with Crippen molar-refractivity contribution in [3.63, 3.8) is 0 Å². The minimum atomic E-state index is 0.465. The predicted octanol–water partition coefficient (Wildman–Crippen LogP) is 9.97. The molecule has 180 valence electrons. The molecule has 1 aromatic carbocycles. The van der Waals surface area contributed by atoms with Crippen LogP contribution in [0.5, 0.6) is 0 Å². The molecule has 0 N–H and O–H groups in total. The highest BCUT2D eigenvalue weighted by atomic mass is 14.4. The second-order valence-electron chi connectivity index (χ2n) is 11.9. The molecule has 4 rings (SSSR count). The zero-order valence-corrected chi connectivity index (χ0v) is 21.4. The fourth-order valence-electron chi connectivity index (χ4n) is 7.54. The first-order chi connectivity index (χ1) is 16.0. The summed E-state index contributed by atoms with van der Waals surface area (Å²) in [6.07, 6.45) is 20.4. The molecule has 0 heterocycles. The molecule has 0 aromatic heterocycles. The van der Waals surface area contributed by atoms with Crippen molar-refractivity contribution in [2.24, 2.45) is 23.7 Å². The molecule has 0 nitrogen and oxygen atoms in total. The predicted molar refractivity (Wildman–Crippen MR) is 145 cm³/mol. The summed E-state index contributed by atoms with van der Waals surface area (Å²) in [6, 6.07) is 9.15. The molecule has 3 atom stereocenters. The Balaban J connectivity index is 1.62. The highest BCUT2D eigenvalue weighted by molar-refractivity contribution is 5.43. The van der Waals surface area contributed by atoms with Crippen LogP contribution in [0.2, 0.25) is 0 Å². The van der Waals surface area contributed by atoms with Crippen LogP contribution in [0.25, 0.3) is 0 Å². The number of fused-ring (bicyclic) bond motifs is 1. The van der Waals surface area contributed by atoms with Crippen LogP contribution in [0, 0.1) is 23.7 Å². The highest BCUT2D eigenvalue weighted by Crippen LogP contribution is 2.49. The summed E-state index contributed by atoms with van der Waals surface area (Å²) in [4.78, 5) is 0. The molecule has 33 heavy (non-hydrogen) atoms. The van der Waals surface area contributed by atoms with Crippen molar-refractivity contribution in [1.82, 2.24) is 0 Å². The van der Waals surface area contributed by atoms with Crippen LogP contribution in [0.4, 0.5) is 0 Å². The minimum absolute atomic E-state index is 0.465. The van der Waals surface area contributed by atoms with E-state index in [0.29, 0.717) is 11.8 Å². The first kappa shape index (κ1) is 24.6. The Morgan fingerprint density at radius 3 is 2.39 bits per heavy atom. The number of allylic oxidation sites excluding steroid dienone is 3. The zero-order valence-electron chi connectivity index (χ0n) is 21.4. The molecule has 3 aliphatic rings. The van der Waals surface area contributed by atoms with Gasteiger partial charge in [-0.2, -0.15) is 0 Å². The van der Waals surface area contributed by atoms with Crippen LogP contribution in [0.3, 0.4) is 0 Å². The van der Waals surface area contributed by atoms with Crippen LogP contribution in [0.15, 0.2) is 60.7 Å². The Morgan fingerprint density at radius 1 is 0.970 bits per heavy atom. The van der Waals surface area contributed by atoms with Gasteiger partial charge in [-0.05, 0) is 80.2 Å². The number of hydrogen-bond donors (Lipinski definition) is 0. The summed E-state index contributed by atoms with van der Waals surface area (Å²) < 4.78 is 0. The Labute approximate surface area is 204 Å². The van der Waals surface area contributed by atoms with Crippen molar-refractivity contribution >= 4 is 0 Å². The summed E-state index contributed by atoms with van der Waals surface area (Å²) in [7, 11) is 0. The van der Waals surface area contributed by atoms with Gasteiger partial charge in [-0.25, -0.2) is 0 Å². The number of rotatable bonds is 10. The second kappa shape index (κ2) is 11.7. The molecule has 2 fully saturated rings. The van der Waals surface area contributed by atoms with Gasteiger partial charge in [0.15, 0.2) is 0 Å². The molecular weight excluding hydrogens is 396 g/mol. The van der Waals surface area contributed by atoms with Gasteiger partial charge in [-0.1, -0.05) is 112 Å². The zero-order chi connectivity index (χ0) is 23.2. The Kier molecular flexibility index (Phi) is 8.72. The van der Waals surface area contributed by atoms with Crippen molar-refractivity contribution in [1.29, 1.82) is 0 Å².